The van der Waals surface area contributed by atoms with E-state index in [9.17, 15) is 0 Å². The van der Waals surface area contributed by atoms with Crippen LogP contribution >= 0.6 is 0 Å². The Kier molecular flexibility index (Phi) is 4.97. The zero-order chi connectivity index (χ0) is 8.27. The van der Waals surface area contributed by atoms with Gasteiger partial charge in [-0.25, -0.2) is 6.58 Å². The van der Waals surface area contributed by atoms with E-state index in [4.69, 9.17) is 6.58 Å². The quantitative estimate of drug-likeness (QED) is 0.350. The van der Waals surface area contributed by atoms with Crippen LogP contribution in [0.1, 0.15) is 13.8 Å². The van der Waals surface area contributed by atoms with Crippen LogP contribution in [0.15, 0.2) is 34.4 Å². The molecule has 0 radical (unpaired) electrons. The molecule has 0 N–H and O–H groups in total. The van der Waals surface area contributed by atoms with Crippen molar-refractivity contribution in [3.63, 3.8) is 0 Å². The molecule has 12 heavy (non-hydrogen) atoms. The Morgan fingerprint density at radius 3 is 2.67 bits per heavy atom. The van der Waals surface area contributed by atoms with Crippen LogP contribution in [-0.4, -0.2) is 12.3 Å². The Hall–Kier alpha value is -0.513. The summed E-state index contributed by atoms with van der Waals surface area (Å²) < 4.78 is 0. The molecule has 0 saturated carbocycles. The standard InChI is InChI=1S/C10H12N.Li/c1-4-11-10-8(2)6-5-7-9(10)3;/h2,5-7H,4H2,1,3H3;/q-1;+1. The Morgan fingerprint density at radius 1 is 1.50 bits per heavy atom. The molecular weight excluding hydrogens is 141 g/mol. The molecule has 0 aromatic heterocycles. The molecule has 0 aliphatic heterocycles. The molecule has 2 heteroatoms. The van der Waals surface area contributed by atoms with E-state index < -0.39 is 0 Å². The van der Waals surface area contributed by atoms with Crippen LogP contribution in [0.5, 0.6) is 0 Å². The van der Waals surface area contributed by atoms with Crippen molar-refractivity contribution in [2.75, 3.05) is 6.54 Å². The molecule has 0 atom stereocenters. The van der Waals surface area contributed by atoms with Crippen molar-refractivity contribution in [2.45, 2.75) is 13.8 Å². The van der Waals surface area contributed by atoms with E-state index in [1.165, 1.54) is 0 Å². The molecule has 0 aromatic rings. The summed E-state index contributed by atoms with van der Waals surface area (Å²) in [6.07, 6.45) is 5.84. The maximum Gasteiger partial charge on any atom is 1.00 e. The van der Waals surface area contributed by atoms with Crippen molar-refractivity contribution in [1.82, 2.24) is 0 Å². The molecule has 1 aliphatic carbocycles. The molecule has 0 heterocycles. The summed E-state index contributed by atoms with van der Waals surface area (Å²) in [6.45, 7) is 10.5. The maximum atomic E-state index is 5.71. The van der Waals surface area contributed by atoms with Crippen molar-refractivity contribution < 1.29 is 18.9 Å². The molecule has 0 amide bonds. The number of nitrogens with zero attached hydrogens (tertiary/aromatic N) is 1. The van der Waals surface area contributed by atoms with Crippen molar-refractivity contribution in [2.24, 2.45) is 4.99 Å². The summed E-state index contributed by atoms with van der Waals surface area (Å²) in [5, 5.41) is 0. The van der Waals surface area contributed by atoms with E-state index >= 15 is 0 Å². The normalized spacial score (nSPS) is 19.0. The number of rotatable bonds is 1. The molecular formula is C10H12LiN. The number of hydrogen-bond donors (Lipinski definition) is 0. The minimum atomic E-state index is 0. The first kappa shape index (κ1) is 11.5. The Bertz CT molecular complexity index is 259. The Labute approximate surface area is 86.1 Å². The number of allylic oxidation sites excluding steroid dienone is 5. The third-order valence-corrected chi connectivity index (χ3v) is 1.59. The second-order valence-electron chi connectivity index (χ2n) is 2.49. The molecule has 0 saturated heterocycles. The smallest absolute Gasteiger partial charge is 0.349 e. The molecule has 0 unspecified atom stereocenters. The number of hydrogen-bond acceptors (Lipinski definition) is 1. The fourth-order valence-electron chi connectivity index (χ4n) is 1.06. The SMILES string of the molecule is [CH-]=C1C=CC=C(C)C1=NCC.[Li+]. The van der Waals surface area contributed by atoms with Gasteiger partial charge < -0.3 is 4.99 Å². The van der Waals surface area contributed by atoms with Gasteiger partial charge in [-0.15, -0.1) is 6.08 Å². The molecule has 58 valence electrons. The van der Waals surface area contributed by atoms with E-state index in [-0.39, 0.29) is 18.9 Å². The predicted octanol–water partition coefficient (Wildman–Crippen LogP) is -0.673. The van der Waals surface area contributed by atoms with Crippen LogP contribution in [0.25, 0.3) is 0 Å². The van der Waals surface area contributed by atoms with Gasteiger partial charge in [-0.3, -0.25) is 0 Å². The average molecular weight is 153 g/mol. The van der Waals surface area contributed by atoms with Crippen LogP contribution in [0, 0.1) is 6.58 Å². The summed E-state index contributed by atoms with van der Waals surface area (Å²) in [7, 11) is 0. The second kappa shape index (κ2) is 5.19. The van der Waals surface area contributed by atoms with Crippen molar-refractivity contribution >= 4 is 5.71 Å². The largest absolute Gasteiger partial charge is 1.00 e. The average Bonchev–Trinajstić information content (AvgIpc) is 1.97. The van der Waals surface area contributed by atoms with Crippen LogP contribution in [0.2, 0.25) is 0 Å². The summed E-state index contributed by atoms with van der Waals surface area (Å²) in [5.74, 6) is 0. The van der Waals surface area contributed by atoms with E-state index in [2.05, 4.69) is 4.99 Å². The van der Waals surface area contributed by atoms with Crippen molar-refractivity contribution in [3.8, 4) is 0 Å². The van der Waals surface area contributed by atoms with Crippen molar-refractivity contribution in [3.05, 3.63) is 36.0 Å². The van der Waals surface area contributed by atoms with Gasteiger partial charge in [0.05, 0.1) is 0 Å². The minimum Gasteiger partial charge on any atom is -0.349 e. The van der Waals surface area contributed by atoms with Gasteiger partial charge in [0.15, 0.2) is 0 Å². The molecule has 1 rings (SSSR count). The molecule has 0 fully saturated rings. The van der Waals surface area contributed by atoms with Gasteiger partial charge in [-0.2, -0.15) is 11.6 Å². The second-order valence-corrected chi connectivity index (χ2v) is 2.49. The third-order valence-electron chi connectivity index (χ3n) is 1.59. The Morgan fingerprint density at radius 2 is 2.17 bits per heavy atom. The van der Waals surface area contributed by atoms with E-state index in [1.54, 1.807) is 0 Å². The summed E-state index contributed by atoms with van der Waals surface area (Å²) in [4.78, 5) is 4.28. The molecule has 1 nitrogen and oxygen atoms in total. The van der Waals surface area contributed by atoms with Crippen LogP contribution in [0.3, 0.4) is 0 Å². The zero-order valence-corrected chi connectivity index (χ0v) is 7.96. The van der Waals surface area contributed by atoms with Gasteiger partial charge >= 0.3 is 18.9 Å². The molecule has 0 aromatic carbocycles. The van der Waals surface area contributed by atoms with Crippen LogP contribution in [0.4, 0.5) is 0 Å². The fourth-order valence-corrected chi connectivity index (χ4v) is 1.06. The minimum absolute atomic E-state index is 0. The first-order chi connectivity index (χ1) is 5.25. The van der Waals surface area contributed by atoms with Gasteiger partial charge in [0.2, 0.25) is 0 Å². The topological polar surface area (TPSA) is 12.4 Å². The molecule has 0 spiro atoms. The first-order valence-electron chi connectivity index (χ1n) is 3.78. The predicted molar refractivity (Wildman–Crippen MR) is 48.7 cm³/mol. The monoisotopic (exact) mass is 153 g/mol. The van der Waals surface area contributed by atoms with E-state index in [1.807, 2.05) is 32.1 Å². The van der Waals surface area contributed by atoms with Gasteiger partial charge in [0, 0.05) is 6.54 Å². The summed E-state index contributed by atoms with van der Waals surface area (Å²) >= 11 is 0. The van der Waals surface area contributed by atoms with Gasteiger partial charge in [0.25, 0.3) is 0 Å². The van der Waals surface area contributed by atoms with E-state index in [0.29, 0.717) is 0 Å². The fraction of sp³-hybridized carbons (Fsp3) is 0.300. The van der Waals surface area contributed by atoms with Crippen LogP contribution < -0.4 is 18.9 Å². The van der Waals surface area contributed by atoms with Gasteiger partial charge in [-0.1, -0.05) is 11.6 Å². The first-order valence-corrected chi connectivity index (χ1v) is 3.78. The molecule has 1 aliphatic rings. The summed E-state index contributed by atoms with van der Waals surface area (Å²) in [5.41, 5.74) is 2.86. The van der Waals surface area contributed by atoms with Crippen LogP contribution in [-0.2, 0) is 0 Å². The summed E-state index contributed by atoms with van der Waals surface area (Å²) in [6, 6.07) is 0. The van der Waals surface area contributed by atoms with Gasteiger partial charge in [-0.05, 0) is 19.6 Å². The maximum absolute atomic E-state index is 5.71. The zero-order valence-electron chi connectivity index (χ0n) is 7.96. The molecule has 0 bridgehead atoms. The van der Waals surface area contributed by atoms with Gasteiger partial charge in [0.1, 0.15) is 0 Å². The Balaban J connectivity index is 0.00000121. The van der Waals surface area contributed by atoms with E-state index in [0.717, 1.165) is 23.4 Å². The van der Waals surface area contributed by atoms with Crippen molar-refractivity contribution in [1.29, 1.82) is 0 Å². The third kappa shape index (κ3) is 2.51. The number of aliphatic imine (C=N–C) groups is 1.